The molecule has 0 fully saturated rings. The summed E-state index contributed by atoms with van der Waals surface area (Å²) < 4.78 is 6.65. The number of hydrogen-bond donors (Lipinski definition) is 1. The minimum absolute atomic E-state index is 0.719. The van der Waals surface area contributed by atoms with Crippen LogP contribution in [-0.2, 0) is 6.54 Å². The van der Waals surface area contributed by atoms with Crippen molar-refractivity contribution in [3.8, 4) is 0 Å². The van der Waals surface area contributed by atoms with Crippen molar-refractivity contribution >= 4 is 21.6 Å². The third-order valence-corrected chi connectivity index (χ3v) is 3.19. The quantitative estimate of drug-likeness (QED) is 0.896. The zero-order valence-corrected chi connectivity index (χ0v) is 11.9. The van der Waals surface area contributed by atoms with E-state index in [0.29, 0.717) is 0 Å². The first kappa shape index (κ1) is 12.2. The van der Waals surface area contributed by atoms with Crippen LogP contribution in [-0.4, -0.2) is 0 Å². The maximum Gasteiger partial charge on any atom is 0.123 e. The molecule has 0 radical (unpaired) electrons. The average Bonchev–Trinajstić information content (AvgIpc) is 2.62. The summed E-state index contributed by atoms with van der Waals surface area (Å²) in [5.41, 5.74) is 3.66. The summed E-state index contributed by atoms with van der Waals surface area (Å²) in [5.74, 6) is 1.91. The van der Waals surface area contributed by atoms with Crippen LogP contribution in [0.2, 0.25) is 0 Å². The lowest BCUT2D eigenvalue weighted by molar-refractivity contribution is 0.490. The predicted molar refractivity (Wildman–Crippen MR) is 74.4 cm³/mol. The molecule has 2 aromatic rings. The Bertz CT molecular complexity index is 508. The van der Waals surface area contributed by atoms with Crippen LogP contribution in [0.1, 0.15) is 22.6 Å². The second-order valence-corrected chi connectivity index (χ2v) is 5.20. The molecule has 0 aliphatic carbocycles. The minimum atomic E-state index is 0.719. The van der Waals surface area contributed by atoms with E-state index in [1.165, 1.54) is 16.8 Å². The lowest BCUT2D eigenvalue weighted by Crippen LogP contribution is -2.02. The van der Waals surface area contributed by atoms with Gasteiger partial charge in [-0.2, -0.15) is 0 Å². The van der Waals surface area contributed by atoms with Gasteiger partial charge in [0, 0.05) is 10.2 Å². The molecule has 90 valence electrons. The molecule has 0 unspecified atom stereocenters. The molecule has 2 rings (SSSR count). The number of hydrogen-bond acceptors (Lipinski definition) is 2. The average molecular weight is 294 g/mol. The van der Waals surface area contributed by atoms with Gasteiger partial charge in [-0.25, -0.2) is 0 Å². The van der Waals surface area contributed by atoms with Gasteiger partial charge in [0.2, 0.25) is 0 Å². The summed E-state index contributed by atoms with van der Waals surface area (Å²) in [6, 6.07) is 8.22. The highest BCUT2D eigenvalue weighted by atomic mass is 79.9. The van der Waals surface area contributed by atoms with Gasteiger partial charge < -0.3 is 9.73 Å². The highest BCUT2D eigenvalue weighted by Crippen LogP contribution is 2.25. The van der Waals surface area contributed by atoms with Crippen molar-refractivity contribution in [2.75, 3.05) is 5.32 Å². The van der Waals surface area contributed by atoms with E-state index in [9.17, 15) is 0 Å². The van der Waals surface area contributed by atoms with Gasteiger partial charge in [-0.3, -0.25) is 0 Å². The highest BCUT2D eigenvalue weighted by molar-refractivity contribution is 9.10. The Hall–Kier alpha value is -1.22. The molecular weight excluding hydrogens is 278 g/mol. The van der Waals surface area contributed by atoms with E-state index in [-0.39, 0.29) is 0 Å². The second kappa shape index (κ2) is 4.96. The number of benzene rings is 1. The van der Waals surface area contributed by atoms with Gasteiger partial charge in [-0.05, 0) is 56.2 Å². The van der Waals surface area contributed by atoms with Crippen LogP contribution < -0.4 is 5.32 Å². The van der Waals surface area contributed by atoms with Crippen molar-refractivity contribution in [3.05, 3.63) is 51.4 Å². The Morgan fingerprint density at radius 1 is 1.12 bits per heavy atom. The molecular formula is C14H16BrNO. The van der Waals surface area contributed by atoms with Crippen LogP contribution in [0.3, 0.4) is 0 Å². The Morgan fingerprint density at radius 2 is 1.76 bits per heavy atom. The van der Waals surface area contributed by atoms with Crippen LogP contribution in [0.5, 0.6) is 0 Å². The fourth-order valence-corrected chi connectivity index (χ4v) is 2.63. The van der Waals surface area contributed by atoms with Crippen LogP contribution in [0.15, 0.2) is 33.2 Å². The summed E-state index contributed by atoms with van der Waals surface area (Å²) in [6.07, 6.45) is 0. The van der Waals surface area contributed by atoms with Crippen LogP contribution in [0.4, 0.5) is 5.69 Å². The number of aryl methyl sites for hydroxylation is 3. The first-order valence-electron chi connectivity index (χ1n) is 5.62. The summed E-state index contributed by atoms with van der Waals surface area (Å²) >= 11 is 3.50. The van der Waals surface area contributed by atoms with Crippen molar-refractivity contribution in [2.45, 2.75) is 27.3 Å². The molecule has 17 heavy (non-hydrogen) atoms. The molecule has 0 aliphatic heterocycles. The van der Waals surface area contributed by atoms with Gasteiger partial charge >= 0.3 is 0 Å². The van der Waals surface area contributed by atoms with Crippen molar-refractivity contribution in [1.82, 2.24) is 0 Å². The molecule has 0 amide bonds. The van der Waals surface area contributed by atoms with E-state index in [0.717, 1.165) is 22.5 Å². The zero-order chi connectivity index (χ0) is 12.4. The molecule has 0 saturated carbocycles. The molecule has 0 aliphatic rings. The van der Waals surface area contributed by atoms with Crippen molar-refractivity contribution in [2.24, 2.45) is 0 Å². The van der Waals surface area contributed by atoms with Gasteiger partial charge in [0.1, 0.15) is 11.5 Å². The van der Waals surface area contributed by atoms with Crippen molar-refractivity contribution in [3.63, 3.8) is 0 Å². The fourth-order valence-electron chi connectivity index (χ4n) is 1.95. The third kappa shape index (κ3) is 2.91. The molecule has 2 nitrogen and oxygen atoms in total. The van der Waals surface area contributed by atoms with Gasteiger partial charge in [0.05, 0.1) is 6.54 Å². The van der Waals surface area contributed by atoms with Crippen molar-refractivity contribution < 1.29 is 4.42 Å². The largest absolute Gasteiger partial charge is 0.465 e. The summed E-state index contributed by atoms with van der Waals surface area (Å²) in [4.78, 5) is 0. The van der Waals surface area contributed by atoms with Crippen molar-refractivity contribution in [1.29, 1.82) is 0 Å². The molecule has 1 heterocycles. The van der Waals surface area contributed by atoms with Crippen LogP contribution in [0.25, 0.3) is 0 Å². The molecule has 0 spiro atoms. The maximum atomic E-state index is 5.54. The van der Waals surface area contributed by atoms with E-state index in [2.05, 4.69) is 47.2 Å². The predicted octanol–water partition coefficient (Wildman–Crippen LogP) is 4.58. The van der Waals surface area contributed by atoms with Gasteiger partial charge in [0.15, 0.2) is 0 Å². The molecule has 0 saturated heterocycles. The Balaban J connectivity index is 2.14. The summed E-state index contributed by atoms with van der Waals surface area (Å²) in [6.45, 7) is 6.89. The first-order valence-corrected chi connectivity index (χ1v) is 6.41. The zero-order valence-electron chi connectivity index (χ0n) is 10.3. The van der Waals surface area contributed by atoms with E-state index in [4.69, 9.17) is 4.42 Å². The lowest BCUT2D eigenvalue weighted by Gasteiger charge is -2.12. The molecule has 1 aromatic carbocycles. The summed E-state index contributed by atoms with van der Waals surface area (Å²) in [5, 5.41) is 3.42. The maximum absolute atomic E-state index is 5.54. The molecule has 0 atom stereocenters. The topological polar surface area (TPSA) is 25.2 Å². The van der Waals surface area contributed by atoms with E-state index < -0.39 is 0 Å². The van der Waals surface area contributed by atoms with Crippen LogP contribution >= 0.6 is 15.9 Å². The monoisotopic (exact) mass is 293 g/mol. The number of furan rings is 1. The van der Waals surface area contributed by atoms with Crippen LogP contribution in [0, 0.1) is 20.8 Å². The number of rotatable bonds is 3. The van der Waals surface area contributed by atoms with Gasteiger partial charge in [0.25, 0.3) is 0 Å². The SMILES string of the molecule is Cc1ccc(CNc2c(C)cc(Br)cc2C)o1. The van der Waals surface area contributed by atoms with E-state index in [1.807, 2.05) is 19.1 Å². The van der Waals surface area contributed by atoms with Gasteiger partial charge in [-0.15, -0.1) is 0 Å². The smallest absolute Gasteiger partial charge is 0.123 e. The second-order valence-electron chi connectivity index (χ2n) is 4.28. The Kier molecular flexibility index (Phi) is 3.57. The van der Waals surface area contributed by atoms with E-state index in [1.54, 1.807) is 0 Å². The molecule has 0 bridgehead atoms. The Labute approximate surface area is 110 Å². The highest BCUT2D eigenvalue weighted by Gasteiger charge is 2.05. The molecule has 1 N–H and O–H groups in total. The number of halogens is 1. The summed E-state index contributed by atoms with van der Waals surface area (Å²) in [7, 11) is 0. The minimum Gasteiger partial charge on any atom is -0.465 e. The Morgan fingerprint density at radius 3 is 2.29 bits per heavy atom. The normalized spacial score (nSPS) is 10.6. The van der Waals surface area contributed by atoms with Gasteiger partial charge in [-0.1, -0.05) is 15.9 Å². The molecule has 1 aromatic heterocycles. The van der Waals surface area contributed by atoms with E-state index >= 15 is 0 Å². The standard InChI is InChI=1S/C14H16BrNO/c1-9-6-12(15)7-10(2)14(9)16-8-13-5-4-11(3)17-13/h4-7,16H,8H2,1-3H3. The first-order chi connectivity index (χ1) is 8.06. The third-order valence-electron chi connectivity index (χ3n) is 2.73. The number of anilines is 1. The number of nitrogens with one attached hydrogen (secondary N) is 1. The lowest BCUT2D eigenvalue weighted by atomic mass is 10.1. The molecule has 3 heteroatoms. The fraction of sp³-hybridized carbons (Fsp3) is 0.286.